The number of allylic oxidation sites excluding steroid dienone is 1. The molecule has 5 aromatic heterocycles. The number of rotatable bonds is 1. The van der Waals surface area contributed by atoms with Gasteiger partial charge in [-0.15, -0.1) is 0 Å². The third-order valence-electron chi connectivity index (χ3n) is 12.9. The van der Waals surface area contributed by atoms with Crippen molar-refractivity contribution in [3.8, 4) is 33.6 Å². The fourth-order valence-corrected chi connectivity index (χ4v) is 10.6. The quantitative estimate of drug-likeness (QED) is 0.155. The second-order valence-electron chi connectivity index (χ2n) is 15.7. The molecule has 0 fully saturated rings. The molecule has 13 rings (SSSR count). The van der Waals surface area contributed by atoms with Gasteiger partial charge in [-0.1, -0.05) is 66.7 Å². The van der Waals surface area contributed by atoms with Gasteiger partial charge in [0.05, 0.1) is 33.4 Å². The minimum Gasteiger partial charge on any atom is -0.456 e. The molecule has 7 heterocycles. The Hall–Kier alpha value is -7.04. The van der Waals surface area contributed by atoms with Crippen LogP contribution in [-0.2, 0) is 6.42 Å². The zero-order valence-corrected chi connectivity index (χ0v) is 30.6. The highest BCUT2D eigenvalue weighted by Crippen LogP contribution is 2.49. The fourth-order valence-electron chi connectivity index (χ4n) is 10.6. The highest BCUT2D eigenvalue weighted by atomic mass is 16.3. The molecule has 0 spiro atoms. The lowest BCUT2D eigenvalue weighted by molar-refractivity contribution is -0.727. The molecule has 0 saturated carbocycles. The Labute approximate surface area is 322 Å². The van der Waals surface area contributed by atoms with Gasteiger partial charge in [-0.25, -0.2) is 0 Å². The number of para-hydroxylation sites is 1. The van der Waals surface area contributed by atoms with Gasteiger partial charge in [0.25, 0.3) is 0 Å². The maximum atomic E-state index is 6.52. The van der Waals surface area contributed by atoms with Crippen LogP contribution in [0, 0.1) is 0 Å². The first-order chi connectivity index (χ1) is 27.7. The van der Waals surface area contributed by atoms with Crippen LogP contribution in [0.2, 0.25) is 0 Å². The highest BCUT2D eigenvalue weighted by Gasteiger charge is 2.46. The van der Waals surface area contributed by atoms with Crippen LogP contribution in [0.4, 0.5) is 0 Å². The molecule has 6 aromatic carbocycles. The van der Waals surface area contributed by atoms with Crippen LogP contribution in [0.15, 0.2) is 175 Å². The van der Waals surface area contributed by atoms with Crippen LogP contribution in [0.1, 0.15) is 29.5 Å². The van der Waals surface area contributed by atoms with Crippen molar-refractivity contribution in [2.24, 2.45) is 0 Å². The van der Waals surface area contributed by atoms with E-state index in [-0.39, 0.29) is 12.0 Å². The minimum absolute atomic E-state index is 0.0678. The molecule has 0 amide bonds. The third-order valence-corrected chi connectivity index (χ3v) is 12.9. The summed E-state index contributed by atoms with van der Waals surface area (Å²) in [6, 6.07) is 55.8. The summed E-state index contributed by atoms with van der Waals surface area (Å²) in [6.45, 7) is 4.91. The number of hydrogen-bond acceptors (Lipinski definition) is 1. The molecule has 2 aliphatic rings. The monoisotopic (exact) mass is 717 g/mol. The summed E-state index contributed by atoms with van der Waals surface area (Å²) in [5.74, 6) is 0.250. The average molecular weight is 718 g/mol. The largest absolute Gasteiger partial charge is 0.456 e. The van der Waals surface area contributed by atoms with Crippen LogP contribution >= 0.6 is 0 Å². The molecule has 0 N–H and O–H groups in total. The Balaban J connectivity index is 1.15. The van der Waals surface area contributed by atoms with Crippen molar-refractivity contribution in [3.05, 3.63) is 182 Å². The van der Waals surface area contributed by atoms with Gasteiger partial charge in [0, 0.05) is 56.8 Å². The van der Waals surface area contributed by atoms with E-state index in [9.17, 15) is 0 Å². The predicted octanol–water partition coefficient (Wildman–Crippen LogP) is 12.1. The molecule has 2 atom stereocenters. The van der Waals surface area contributed by atoms with E-state index in [1.165, 1.54) is 88.2 Å². The first-order valence-corrected chi connectivity index (χ1v) is 19.7. The van der Waals surface area contributed by atoms with Crippen LogP contribution in [-0.4, -0.2) is 4.40 Å². The zero-order valence-electron chi connectivity index (χ0n) is 30.6. The summed E-state index contributed by atoms with van der Waals surface area (Å²) in [5, 5.41) is 7.37. The molecule has 2 unspecified atom stereocenters. The molecule has 0 saturated heterocycles. The Morgan fingerprint density at radius 1 is 0.571 bits per heavy atom. The average Bonchev–Trinajstić information content (AvgIpc) is 3.92. The lowest BCUT2D eigenvalue weighted by atomic mass is 9.78. The molecule has 0 bridgehead atoms. The standard InChI is InChI=1S/C52H35N3O/c1-31-50-37(35-15-5-6-16-36(35)44-18-10-12-26-54(44)50)22-21-33-29-46-41(30-40(33)45-19-9-11-25-53(31)45)43-28-34(32-13-3-2-4-14-32)27-42-38-23-24-48-49(52(38)55(46)51(42)43)39-17-7-8-20-47(39)56-48/h2-20,23-30,37,50H,1,21-22H2/q+2. The summed E-state index contributed by atoms with van der Waals surface area (Å²) in [6.07, 6.45) is 6.39. The van der Waals surface area contributed by atoms with Gasteiger partial charge >= 0.3 is 0 Å². The van der Waals surface area contributed by atoms with E-state index in [1.807, 2.05) is 0 Å². The van der Waals surface area contributed by atoms with Crippen LogP contribution in [0.5, 0.6) is 0 Å². The Bertz CT molecular complexity index is 3460. The van der Waals surface area contributed by atoms with Crippen molar-refractivity contribution < 1.29 is 13.6 Å². The molecule has 11 aromatic rings. The molecule has 4 nitrogen and oxygen atoms in total. The first kappa shape index (κ1) is 30.3. The highest BCUT2D eigenvalue weighted by molar-refractivity contribution is 6.30. The number of benzene rings is 6. The summed E-state index contributed by atoms with van der Waals surface area (Å²) in [5.41, 5.74) is 16.8. The molecule has 56 heavy (non-hydrogen) atoms. The van der Waals surface area contributed by atoms with Crippen LogP contribution in [0.3, 0.4) is 0 Å². The number of pyridine rings is 2. The zero-order chi connectivity index (χ0) is 36.6. The molecule has 2 aliphatic heterocycles. The summed E-state index contributed by atoms with van der Waals surface area (Å²) in [4.78, 5) is 0. The number of nitrogens with zero attached hydrogens (tertiary/aromatic N) is 3. The number of fused-ring (bicyclic) bond motifs is 19. The SMILES string of the molecule is C=C1C2C(CCc3cc4c(cc3-c3cccc[n+]31)c1cc(-c3ccccc3)cc3c5ccc6oc7ccccc7c6c5n4c13)c1ccccc1-c1cccc[n+]12. The number of aryl methyl sites for hydroxylation is 1. The normalized spacial score (nSPS) is 16.5. The van der Waals surface area contributed by atoms with Crippen molar-refractivity contribution in [1.82, 2.24) is 4.40 Å². The number of hydrogen-bond donors (Lipinski definition) is 0. The fraction of sp³-hybridized carbons (Fsp3) is 0.0769. The van der Waals surface area contributed by atoms with E-state index in [4.69, 9.17) is 11.0 Å². The molecule has 0 radical (unpaired) electrons. The second kappa shape index (κ2) is 11.0. The summed E-state index contributed by atoms with van der Waals surface area (Å²) >= 11 is 0. The van der Waals surface area contributed by atoms with E-state index >= 15 is 0 Å². The Morgan fingerprint density at radius 3 is 2.25 bits per heavy atom. The van der Waals surface area contributed by atoms with Crippen molar-refractivity contribution >= 4 is 65.7 Å². The van der Waals surface area contributed by atoms with Gasteiger partial charge in [0.2, 0.25) is 23.1 Å². The number of aromatic nitrogens is 3. The van der Waals surface area contributed by atoms with E-state index in [2.05, 4.69) is 178 Å². The van der Waals surface area contributed by atoms with Crippen molar-refractivity contribution in [2.75, 3.05) is 0 Å². The smallest absolute Gasteiger partial charge is 0.249 e. The first-order valence-electron chi connectivity index (χ1n) is 19.7. The Morgan fingerprint density at radius 2 is 1.34 bits per heavy atom. The summed E-state index contributed by atoms with van der Waals surface area (Å²) < 4.78 is 13.9. The van der Waals surface area contributed by atoms with Gasteiger partial charge < -0.3 is 8.82 Å². The lowest BCUT2D eigenvalue weighted by Gasteiger charge is -2.29. The summed E-state index contributed by atoms with van der Waals surface area (Å²) in [7, 11) is 0. The van der Waals surface area contributed by atoms with Crippen molar-refractivity contribution in [3.63, 3.8) is 0 Å². The Kier molecular flexibility index (Phi) is 5.96. The molecule has 0 aliphatic carbocycles. The van der Waals surface area contributed by atoms with Crippen molar-refractivity contribution in [2.45, 2.75) is 24.8 Å². The second-order valence-corrected chi connectivity index (χ2v) is 15.7. The van der Waals surface area contributed by atoms with E-state index < -0.39 is 0 Å². The maximum Gasteiger partial charge on any atom is 0.249 e. The predicted molar refractivity (Wildman–Crippen MR) is 227 cm³/mol. The lowest BCUT2D eigenvalue weighted by Crippen LogP contribution is -2.53. The third kappa shape index (κ3) is 3.93. The van der Waals surface area contributed by atoms with Gasteiger partial charge in [0.15, 0.2) is 12.4 Å². The van der Waals surface area contributed by atoms with E-state index in [1.54, 1.807) is 0 Å². The number of furan rings is 1. The van der Waals surface area contributed by atoms with Crippen LogP contribution in [0.25, 0.3) is 99.4 Å². The van der Waals surface area contributed by atoms with Crippen LogP contribution < -0.4 is 9.13 Å². The maximum absolute atomic E-state index is 6.52. The van der Waals surface area contributed by atoms with Crippen molar-refractivity contribution in [1.29, 1.82) is 0 Å². The van der Waals surface area contributed by atoms with E-state index in [0.29, 0.717) is 0 Å². The molecular formula is C52H35N3O+2. The van der Waals surface area contributed by atoms with Gasteiger partial charge in [-0.3, -0.25) is 0 Å². The van der Waals surface area contributed by atoms with Gasteiger partial charge in [0.1, 0.15) is 11.2 Å². The van der Waals surface area contributed by atoms with Gasteiger partial charge in [-0.2, -0.15) is 9.13 Å². The topological polar surface area (TPSA) is 25.3 Å². The molecule has 4 heteroatoms. The van der Waals surface area contributed by atoms with E-state index in [0.717, 1.165) is 35.1 Å². The van der Waals surface area contributed by atoms with Gasteiger partial charge in [-0.05, 0) is 102 Å². The molecule has 262 valence electrons. The minimum atomic E-state index is 0.0678. The molecular weight excluding hydrogens is 683 g/mol.